The maximum atomic E-state index is 7.90. The van der Waals surface area contributed by atoms with Crippen LogP contribution in [0.2, 0.25) is 0 Å². The molecule has 0 aromatic carbocycles. The molecule has 0 aliphatic rings. The molecule has 0 N–H and O–H groups in total. The third-order valence-corrected chi connectivity index (χ3v) is 1.41. The smallest absolute Gasteiger partial charge is 0.0794 e. The van der Waals surface area contributed by atoms with Crippen LogP contribution < -0.4 is 0 Å². The first kappa shape index (κ1) is 6.07. The summed E-state index contributed by atoms with van der Waals surface area (Å²) in [5, 5.41) is 5.19. The first-order valence-corrected chi connectivity index (χ1v) is 3.25. The van der Waals surface area contributed by atoms with Gasteiger partial charge in [0.25, 0.3) is 0 Å². The predicted octanol–water partition coefficient (Wildman–Crippen LogP) is 1.95. The van der Waals surface area contributed by atoms with Gasteiger partial charge in [-0.1, -0.05) is 5.11 Å². The van der Waals surface area contributed by atoms with Crippen LogP contribution in [0.1, 0.15) is 5.69 Å². The van der Waals surface area contributed by atoms with Crippen molar-refractivity contribution in [1.82, 2.24) is 4.98 Å². The fraction of sp³-hybridized carbons (Fsp3) is 0.250. The van der Waals surface area contributed by atoms with Crippen LogP contribution in [-0.2, 0) is 6.54 Å². The highest BCUT2D eigenvalue weighted by atomic mass is 32.1. The van der Waals surface area contributed by atoms with Crippen LogP contribution in [0.15, 0.2) is 16.0 Å². The maximum Gasteiger partial charge on any atom is 0.0794 e. The van der Waals surface area contributed by atoms with E-state index in [9.17, 15) is 0 Å². The van der Waals surface area contributed by atoms with Crippen molar-refractivity contribution in [2.24, 2.45) is 5.11 Å². The molecular weight excluding hydrogens is 136 g/mol. The minimum atomic E-state index is 0.361. The van der Waals surface area contributed by atoms with E-state index in [-0.39, 0.29) is 0 Å². The van der Waals surface area contributed by atoms with E-state index in [1.807, 2.05) is 5.38 Å². The number of hydrogen-bond acceptors (Lipinski definition) is 3. The minimum Gasteiger partial charge on any atom is -0.250 e. The van der Waals surface area contributed by atoms with Gasteiger partial charge in [-0.15, -0.1) is 11.3 Å². The van der Waals surface area contributed by atoms with Crippen LogP contribution in [0.4, 0.5) is 0 Å². The second kappa shape index (κ2) is 3.06. The summed E-state index contributed by atoms with van der Waals surface area (Å²) in [6.07, 6.45) is 0. The molecule has 0 saturated carbocycles. The standard InChI is InChI=1S/C4H4N4S/c5-8-7-1-4-2-9-3-6-4/h2-3H,1H2. The van der Waals surface area contributed by atoms with Crippen LogP contribution >= 0.6 is 11.3 Å². The number of nitrogens with zero attached hydrogens (tertiary/aromatic N) is 4. The molecule has 1 aromatic heterocycles. The lowest BCUT2D eigenvalue weighted by atomic mass is 10.5. The average Bonchev–Trinajstić information content (AvgIpc) is 2.34. The molecule has 0 aliphatic heterocycles. The Bertz CT molecular complexity index is 210. The van der Waals surface area contributed by atoms with Crippen molar-refractivity contribution in [3.63, 3.8) is 0 Å². The molecule has 0 bridgehead atoms. The molecule has 5 heteroatoms. The SMILES string of the molecule is [N-]=[N+]=NCc1cscn1. The zero-order chi connectivity index (χ0) is 6.53. The molecule has 0 aliphatic carbocycles. The molecule has 1 heterocycles. The van der Waals surface area contributed by atoms with Crippen LogP contribution in [0.25, 0.3) is 10.4 Å². The molecule has 1 aromatic rings. The Kier molecular flexibility index (Phi) is 2.06. The molecule has 0 spiro atoms. The van der Waals surface area contributed by atoms with Gasteiger partial charge in [0.05, 0.1) is 17.7 Å². The van der Waals surface area contributed by atoms with Crippen LogP contribution in [-0.4, -0.2) is 4.98 Å². The fourth-order valence-electron chi connectivity index (χ4n) is 0.420. The van der Waals surface area contributed by atoms with Gasteiger partial charge in [0.2, 0.25) is 0 Å². The van der Waals surface area contributed by atoms with Gasteiger partial charge >= 0.3 is 0 Å². The van der Waals surface area contributed by atoms with Crippen molar-refractivity contribution in [3.05, 3.63) is 27.0 Å². The lowest BCUT2D eigenvalue weighted by molar-refractivity contribution is 0.995. The maximum absolute atomic E-state index is 7.90. The number of aromatic nitrogens is 1. The Morgan fingerprint density at radius 3 is 3.33 bits per heavy atom. The zero-order valence-corrected chi connectivity index (χ0v) is 5.38. The molecule has 0 amide bonds. The Balaban J connectivity index is 2.57. The Morgan fingerprint density at radius 2 is 2.78 bits per heavy atom. The molecular formula is C4H4N4S. The fourth-order valence-corrected chi connectivity index (χ4v) is 0.969. The van der Waals surface area contributed by atoms with Crippen molar-refractivity contribution in [1.29, 1.82) is 0 Å². The van der Waals surface area contributed by atoms with Crippen molar-refractivity contribution >= 4 is 11.3 Å². The first-order chi connectivity index (χ1) is 4.43. The largest absolute Gasteiger partial charge is 0.250 e. The molecule has 0 fully saturated rings. The van der Waals surface area contributed by atoms with E-state index >= 15 is 0 Å². The Morgan fingerprint density at radius 1 is 1.89 bits per heavy atom. The third kappa shape index (κ3) is 1.71. The summed E-state index contributed by atoms with van der Waals surface area (Å²) in [6, 6.07) is 0. The normalized spacial score (nSPS) is 8.44. The van der Waals surface area contributed by atoms with E-state index in [1.165, 1.54) is 11.3 Å². The minimum absolute atomic E-state index is 0.361. The highest BCUT2D eigenvalue weighted by molar-refractivity contribution is 7.07. The van der Waals surface area contributed by atoms with Crippen LogP contribution in [0.3, 0.4) is 0 Å². The predicted molar refractivity (Wildman–Crippen MR) is 35.0 cm³/mol. The third-order valence-electron chi connectivity index (χ3n) is 0.779. The summed E-state index contributed by atoms with van der Waals surface area (Å²) in [4.78, 5) is 6.51. The van der Waals surface area contributed by atoms with Gasteiger partial charge in [0.1, 0.15) is 0 Å². The highest BCUT2D eigenvalue weighted by Gasteiger charge is 1.88. The van der Waals surface area contributed by atoms with Crippen LogP contribution in [0, 0.1) is 0 Å². The molecule has 4 nitrogen and oxygen atoms in total. The number of rotatable bonds is 2. The number of azide groups is 1. The van der Waals surface area contributed by atoms with Gasteiger partial charge in [-0.3, -0.25) is 0 Å². The van der Waals surface area contributed by atoms with Crippen molar-refractivity contribution in [3.8, 4) is 0 Å². The lowest BCUT2D eigenvalue weighted by Gasteiger charge is -1.79. The van der Waals surface area contributed by atoms with E-state index in [2.05, 4.69) is 15.0 Å². The Labute approximate surface area is 55.8 Å². The van der Waals surface area contributed by atoms with E-state index in [1.54, 1.807) is 5.51 Å². The highest BCUT2D eigenvalue weighted by Crippen LogP contribution is 2.01. The van der Waals surface area contributed by atoms with Gasteiger partial charge in [0.15, 0.2) is 0 Å². The number of hydrogen-bond donors (Lipinski definition) is 0. The molecule has 9 heavy (non-hydrogen) atoms. The van der Waals surface area contributed by atoms with Gasteiger partial charge in [-0.25, -0.2) is 4.98 Å². The number of thiazole rings is 1. The van der Waals surface area contributed by atoms with Gasteiger partial charge in [-0.05, 0) is 5.53 Å². The van der Waals surface area contributed by atoms with Gasteiger partial charge in [-0.2, -0.15) is 0 Å². The average molecular weight is 140 g/mol. The lowest BCUT2D eigenvalue weighted by Crippen LogP contribution is -1.75. The molecule has 46 valence electrons. The molecule has 0 unspecified atom stereocenters. The summed E-state index contributed by atoms with van der Waals surface area (Å²) < 4.78 is 0. The topological polar surface area (TPSA) is 61.7 Å². The van der Waals surface area contributed by atoms with E-state index in [0.29, 0.717) is 6.54 Å². The quantitative estimate of drug-likeness (QED) is 0.352. The van der Waals surface area contributed by atoms with E-state index in [0.717, 1.165) is 5.69 Å². The molecule has 1 rings (SSSR count). The monoisotopic (exact) mass is 140 g/mol. The summed E-state index contributed by atoms with van der Waals surface area (Å²) in [5.74, 6) is 0. The zero-order valence-electron chi connectivity index (χ0n) is 4.56. The molecule has 0 atom stereocenters. The summed E-state index contributed by atoms with van der Waals surface area (Å²) in [5.41, 5.74) is 10.4. The molecule has 0 saturated heterocycles. The van der Waals surface area contributed by atoms with Crippen LogP contribution in [0.5, 0.6) is 0 Å². The van der Waals surface area contributed by atoms with Crippen molar-refractivity contribution in [2.45, 2.75) is 6.54 Å². The summed E-state index contributed by atoms with van der Waals surface area (Å²) in [7, 11) is 0. The van der Waals surface area contributed by atoms with Gasteiger partial charge in [0, 0.05) is 10.3 Å². The summed E-state index contributed by atoms with van der Waals surface area (Å²) >= 11 is 1.50. The second-order valence-corrected chi connectivity index (χ2v) is 2.09. The van der Waals surface area contributed by atoms with Crippen molar-refractivity contribution in [2.75, 3.05) is 0 Å². The molecule has 0 radical (unpaired) electrons. The van der Waals surface area contributed by atoms with Crippen molar-refractivity contribution < 1.29 is 0 Å². The Hall–Kier alpha value is -1.06. The van der Waals surface area contributed by atoms with E-state index < -0.39 is 0 Å². The summed E-state index contributed by atoms with van der Waals surface area (Å²) in [6.45, 7) is 0.361. The van der Waals surface area contributed by atoms with Gasteiger partial charge < -0.3 is 0 Å². The van der Waals surface area contributed by atoms with E-state index in [4.69, 9.17) is 5.53 Å². The first-order valence-electron chi connectivity index (χ1n) is 2.31. The second-order valence-electron chi connectivity index (χ2n) is 1.37.